The zero-order valence-corrected chi connectivity index (χ0v) is 13.7. The van der Waals surface area contributed by atoms with Gasteiger partial charge < -0.3 is 10.0 Å². The molecule has 1 saturated heterocycles. The summed E-state index contributed by atoms with van der Waals surface area (Å²) < 4.78 is 23.0. The molecule has 6 nitrogen and oxygen atoms in total. The second-order valence-electron chi connectivity index (χ2n) is 5.85. The van der Waals surface area contributed by atoms with E-state index in [1.165, 1.54) is 4.90 Å². The molecule has 1 aromatic carbocycles. The van der Waals surface area contributed by atoms with E-state index in [-0.39, 0.29) is 35.7 Å². The van der Waals surface area contributed by atoms with Crippen LogP contribution in [0.15, 0.2) is 24.3 Å². The zero-order valence-electron chi connectivity index (χ0n) is 12.9. The molecule has 7 heteroatoms. The van der Waals surface area contributed by atoms with Crippen molar-refractivity contribution in [2.75, 3.05) is 32.1 Å². The third kappa shape index (κ3) is 4.20. The normalized spacial score (nSPS) is 20.2. The topological polar surface area (TPSA) is 77.9 Å². The van der Waals surface area contributed by atoms with Crippen molar-refractivity contribution in [1.82, 2.24) is 9.80 Å². The van der Waals surface area contributed by atoms with Gasteiger partial charge in [-0.1, -0.05) is 18.2 Å². The van der Waals surface area contributed by atoms with Gasteiger partial charge in [-0.25, -0.2) is 8.42 Å². The molecule has 1 unspecified atom stereocenters. The summed E-state index contributed by atoms with van der Waals surface area (Å²) in [6.45, 7) is 0.493. The molecular formula is C15H22N2O4S. The van der Waals surface area contributed by atoms with Gasteiger partial charge in [0.25, 0.3) is 0 Å². The van der Waals surface area contributed by atoms with Gasteiger partial charge in [-0.05, 0) is 19.5 Å². The third-order valence-electron chi connectivity index (χ3n) is 4.04. The minimum Gasteiger partial charge on any atom is -0.508 e. The van der Waals surface area contributed by atoms with E-state index in [4.69, 9.17) is 0 Å². The Balaban J connectivity index is 1.90. The van der Waals surface area contributed by atoms with E-state index in [2.05, 4.69) is 0 Å². The lowest BCUT2D eigenvalue weighted by Gasteiger charge is -2.25. The molecule has 22 heavy (non-hydrogen) atoms. The average Bonchev–Trinajstić information content (AvgIpc) is 2.81. The molecule has 0 bridgehead atoms. The number of hydrogen-bond acceptors (Lipinski definition) is 5. The van der Waals surface area contributed by atoms with Crippen molar-refractivity contribution in [2.24, 2.45) is 0 Å². The lowest BCUT2D eigenvalue weighted by Crippen LogP contribution is -2.41. The van der Waals surface area contributed by atoms with E-state index in [0.717, 1.165) is 0 Å². The fourth-order valence-corrected chi connectivity index (χ4v) is 4.38. The highest BCUT2D eigenvalue weighted by molar-refractivity contribution is 7.91. The predicted molar refractivity (Wildman–Crippen MR) is 84.3 cm³/mol. The lowest BCUT2D eigenvalue weighted by molar-refractivity contribution is -0.131. The van der Waals surface area contributed by atoms with Crippen molar-refractivity contribution in [3.8, 4) is 5.75 Å². The summed E-state index contributed by atoms with van der Waals surface area (Å²) >= 11 is 0. The number of phenolic OH excluding ortho intramolecular Hbond substituents is 1. The minimum atomic E-state index is -2.95. The van der Waals surface area contributed by atoms with Gasteiger partial charge >= 0.3 is 0 Å². The second-order valence-corrected chi connectivity index (χ2v) is 8.08. The fraction of sp³-hybridized carbons (Fsp3) is 0.533. The lowest BCUT2D eigenvalue weighted by atomic mass is 10.2. The Morgan fingerprint density at radius 3 is 2.59 bits per heavy atom. The molecule has 1 aromatic rings. The molecule has 2 rings (SSSR count). The summed E-state index contributed by atoms with van der Waals surface area (Å²) in [5.41, 5.74) is 0.685. The molecule has 1 amide bonds. The Bertz CT molecular complexity index is 645. The van der Waals surface area contributed by atoms with Gasteiger partial charge in [-0.15, -0.1) is 0 Å². The number of aromatic hydroxyl groups is 1. The third-order valence-corrected chi connectivity index (χ3v) is 5.79. The van der Waals surface area contributed by atoms with Crippen LogP contribution in [0.5, 0.6) is 5.75 Å². The average molecular weight is 326 g/mol. The highest BCUT2D eigenvalue weighted by Crippen LogP contribution is 2.18. The molecule has 0 aromatic heterocycles. The number of amides is 1. The summed E-state index contributed by atoms with van der Waals surface area (Å²) in [4.78, 5) is 15.6. The minimum absolute atomic E-state index is 0.0903. The van der Waals surface area contributed by atoms with Gasteiger partial charge in [0.15, 0.2) is 9.84 Å². The number of sulfone groups is 1. The summed E-state index contributed by atoms with van der Waals surface area (Å²) in [6, 6.07) is 6.81. The van der Waals surface area contributed by atoms with Crippen molar-refractivity contribution in [1.29, 1.82) is 0 Å². The van der Waals surface area contributed by atoms with E-state index >= 15 is 0 Å². The number of phenols is 1. The van der Waals surface area contributed by atoms with Crippen molar-refractivity contribution in [2.45, 2.75) is 19.0 Å². The first-order valence-corrected chi connectivity index (χ1v) is 9.02. The Hall–Kier alpha value is -1.60. The van der Waals surface area contributed by atoms with Crippen LogP contribution in [0, 0.1) is 0 Å². The first-order chi connectivity index (χ1) is 10.3. The summed E-state index contributed by atoms with van der Waals surface area (Å²) in [6.07, 6.45) is 0.579. The number of rotatable bonds is 5. The largest absolute Gasteiger partial charge is 0.508 e. The highest BCUT2D eigenvalue weighted by atomic mass is 32.2. The smallest absolute Gasteiger partial charge is 0.236 e. The summed E-state index contributed by atoms with van der Waals surface area (Å²) in [7, 11) is 0.499. The maximum absolute atomic E-state index is 12.2. The first kappa shape index (κ1) is 16.8. The maximum Gasteiger partial charge on any atom is 0.236 e. The quantitative estimate of drug-likeness (QED) is 0.851. The van der Waals surface area contributed by atoms with E-state index in [0.29, 0.717) is 18.5 Å². The van der Waals surface area contributed by atoms with Crippen molar-refractivity contribution in [3.05, 3.63) is 29.8 Å². The van der Waals surface area contributed by atoms with Crippen molar-refractivity contribution < 1.29 is 18.3 Å². The number of nitrogens with zero attached hydrogens (tertiary/aromatic N) is 2. The molecule has 1 aliphatic rings. The molecule has 0 radical (unpaired) electrons. The van der Waals surface area contributed by atoms with Crippen LogP contribution in [0.25, 0.3) is 0 Å². The van der Waals surface area contributed by atoms with Gasteiger partial charge in [0, 0.05) is 25.2 Å². The molecule has 122 valence electrons. The Kier molecular flexibility index (Phi) is 5.08. The van der Waals surface area contributed by atoms with E-state index in [1.54, 1.807) is 37.2 Å². The van der Waals surface area contributed by atoms with Gasteiger partial charge in [0.05, 0.1) is 18.1 Å². The number of hydrogen-bond donors (Lipinski definition) is 1. The molecule has 1 fully saturated rings. The molecule has 0 spiro atoms. The molecule has 0 aliphatic carbocycles. The Labute approximate surface area is 131 Å². The second kappa shape index (κ2) is 6.66. The fourth-order valence-electron chi connectivity index (χ4n) is 2.57. The monoisotopic (exact) mass is 326 g/mol. The SMILES string of the molecule is CN(Cc1ccccc1O)C(=O)CN(C)C1CCS(=O)(=O)C1. The van der Waals surface area contributed by atoms with Crippen molar-refractivity contribution in [3.63, 3.8) is 0 Å². The van der Waals surface area contributed by atoms with Gasteiger partial charge in [-0.2, -0.15) is 0 Å². The Morgan fingerprint density at radius 2 is 2.00 bits per heavy atom. The van der Waals surface area contributed by atoms with E-state index < -0.39 is 9.84 Å². The van der Waals surface area contributed by atoms with Gasteiger partial charge in [0.2, 0.25) is 5.91 Å². The molecule has 1 heterocycles. The van der Waals surface area contributed by atoms with E-state index in [9.17, 15) is 18.3 Å². The van der Waals surface area contributed by atoms with Crippen LogP contribution in [0.4, 0.5) is 0 Å². The number of carbonyl (C=O) groups is 1. The van der Waals surface area contributed by atoms with Crippen LogP contribution in [0.1, 0.15) is 12.0 Å². The van der Waals surface area contributed by atoms with Gasteiger partial charge in [0.1, 0.15) is 5.75 Å². The van der Waals surface area contributed by atoms with E-state index in [1.807, 2.05) is 6.07 Å². The van der Waals surface area contributed by atoms with Crippen LogP contribution in [0.2, 0.25) is 0 Å². The predicted octanol–water partition coefficient (Wildman–Crippen LogP) is 0.469. The molecule has 1 N–H and O–H groups in total. The van der Waals surface area contributed by atoms with Crippen molar-refractivity contribution >= 4 is 15.7 Å². The highest BCUT2D eigenvalue weighted by Gasteiger charge is 2.31. The number of likely N-dealkylation sites (N-methyl/N-ethyl adjacent to an activating group) is 2. The standard InChI is InChI=1S/C15H22N2O4S/c1-16(13-7-8-22(20,21)11-13)10-15(19)17(2)9-12-5-3-4-6-14(12)18/h3-6,13,18H,7-11H2,1-2H3. The summed E-state index contributed by atoms with van der Waals surface area (Å²) in [5, 5.41) is 9.74. The molecular weight excluding hydrogens is 304 g/mol. The molecule has 1 aliphatic heterocycles. The van der Waals surface area contributed by atoms with Crippen LogP contribution in [0.3, 0.4) is 0 Å². The number of carbonyl (C=O) groups excluding carboxylic acids is 1. The first-order valence-electron chi connectivity index (χ1n) is 7.20. The number of benzene rings is 1. The number of para-hydroxylation sites is 1. The van der Waals surface area contributed by atoms with Gasteiger partial charge in [-0.3, -0.25) is 9.69 Å². The zero-order chi connectivity index (χ0) is 16.3. The van der Waals surface area contributed by atoms with Crippen LogP contribution < -0.4 is 0 Å². The molecule has 1 atom stereocenters. The Morgan fingerprint density at radius 1 is 1.32 bits per heavy atom. The van der Waals surface area contributed by atoms with Crippen LogP contribution >= 0.6 is 0 Å². The van der Waals surface area contributed by atoms with Crippen LogP contribution in [-0.2, 0) is 21.2 Å². The van der Waals surface area contributed by atoms with Crippen LogP contribution in [-0.4, -0.2) is 67.4 Å². The maximum atomic E-state index is 12.2. The summed E-state index contributed by atoms with van der Waals surface area (Å²) in [5.74, 6) is 0.386. The molecule has 0 saturated carbocycles.